The van der Waals surface area contributed by atoms with Gasteiger partial charge in [-0.3, -0.25) is 4.79 Å². The summed E-state index contributed by atoms with van der Waals surface area (Å²) in [6.07, 6.45) is 4.06. The van der Waals surface area contributed by atoms with Crippen LogP contribution < -0.4 is 11.5 Å². The van der Waals surface area contributed by atoms with E-state index in [1.54, 1.807) is 12.3 Å². The van der Waals surface area contributed by atoms with E-state index in [9.17, 15) is 14.4 Å². The van der Waals surface area contributed by atoms with Crippen LogP contribution in [0.15, 0.2) is 54.7 Å². The molecule has 1 saturated heterocycles. The number of ether oxygens (including phenoxy) is 1. The molecule has 9 heteroatoms. The van der Waals surface area contributed by atoms with Crippen LogP contribution in [0.25, 0.3) is 22.0 Å². The number of halogens is 1. The third kappa shape index (κ3) is 6.87. The fourth-order valence-corrected chi connectivity index (χ4v) is 6.16. The summed E-state index contributed by atoms with van der Waals surface area (Å²) in [5.41, 5.74) is 19.8. The summed E-state index contributed by atoms with van der Waals surface area (Å²) in [6, 6.07) is 17.6. The number of likely N-dealkylation sites (tertiary alicyclic amines) is 1. The van der Waals surface area contributed by atoms with Crippen molar-refractivity contribution in [3.8, 4) is 17.2 Å². The number of benzene rings is 2. The Balaban J connectivity index is 1.20. The van der Waals surface area contributed by atoms with Gasteiger partial charge >= 0.3 is 0 Å². The molecule has 3 heterocycles. The van der Waals surface area contributed by atoms with E-state index in [1.807, 2.05) is 41.3 Å². The van der Waals surface area contributed by atoms with Crippen LogP contribution in [0.2, 0.25) is 0 Å². The van der Waals surface area contributed by atoms with Gasteiger partial charge in [-0.2, -0.15) is 5.26 Å². The number of nitriles is 1. The number of carbonyl (C=O) groups is 1. The van der Waals surface area contributed by atoms with Gasteiger partial charge in [-0.1, -0.05) is 42.5 Å². The number of H-pyrrole nitrogens is 1. The van der Waals surface area contributed by atoms with Gasteiger partial charge < -0.3 is 26.1 Å². The fourth-order valence-electron chi connectivity index (χ4n) is 6.16. The molecule has 0 spiro atoms. The highest BCUT2D eigenvalue weighted by Crippen LogP contribution is 2.34. The van der Waals surface area contributed by atoms with E-state index in [0.29, 0.717) is 31.4 Å². The van der Waals surface area contributed by atoms with Crippen LogP contribution in [0.5, 0.6) is 0 Å². The van der Waals surface area contributed by atoms with E-state index in [4.69, 9.17) is 16.2 Å². The molecule has 2 unspecified atom stereocenters. The summed E-state index contributed by atoms with van der Waals surface area (Å²) in [5, 5.41) is 10.4. The van der Waals surface area contributed by atoms with Crippen LogP contribution in [0.4, 0.5) is 10.2 Å². The zero-order valence-corrected chi connectivity index (χ0v) is 24.8. The highest BCUT2D eigenvalue weighted by molar-refractivity contribution is 5.87. The topological polar surface area (TPSA) is 134 Å². The first-order valence-electron chi connectivity index (χ1n) is 14.8. The number of aromatic nitrogens is 2. The van der Waals surface area contributed by atoms with Gasteiger partial charge in [-0.05, 0) is 60.9 Å². The van der Waals surface area contributed by atoms with Gasteiger partial charge in [0, 0.05) is 73.4 Å². The Bertz CT molecular complexity index is 1630. The van der Waals surface area contributed by atoms with Gasteiger partial charge in [0.15, 0.2) is 6.36 Å². The van der Waals surface area contributed by atoms with Gasteiger partial charge in [0.05, 0.1) is 5.56 Å². The Labute approximate surface area is 251 Å². The Morgan fingerprint density at radius 3 is 2.79 bits per heavy atom. The van der Waals surface area contributed by atoms with E-state index in [0.717, 1.165) is 58.2 Å². The number of amides is 1. The van der Waals surface area contributed by atoms with Gasteiger partial charge in [0.2, 0.25) is 5.91 Å². The Morgan fingerprint density at radius 2 is 2.05 bits per heavy atom. The van der Waals surface area contributed by atoms with Crippen molar-refractivity contribution in [1.29, 1.82) is 5.26 Å². The number of pyridine rings is 1. The molecule has 0 bridgehead atoms. The highest BCUT2D eigenvalue weighted by atomic mass is 19.1. The van der Waals surface area contributed by atoms with Crippen molar-refractivity contribution in [2.24, 2.45) is 5.73 Å². The third-order valence-electron chi connectivity index (χ3n) is 8.56. The molecule has 0 saturated carbocycles. The first-order chi connectivity index (χ1) is 20.8. The number of alkyl halides is 1. The molecule has 2 aromatic heterocycles. The molecule has 5 rings (SSSR count). The van der Waals surface area contributed by atoms with Crippen molar-refractivity contribution in [3.05, 3.63) is 82.7 Å². The second-order valence-electron chi connectivity index (χ2n) is 11.5. The SMILES string of the molecule is COC(F)CCc1cccc2c(C)c(C3CCCN(C(=O)C[C@H](N)Cc4ccc(-c5cnc(N)c(C#N)c5)cc4)C3)[nH]c12. The van der Waals surface area contributed by atoms with Crippen molar-refractivity contribution in [2.45, 2.75) is 63.8 Å². The number of anilines is 1. The molecule has 1 aliphatic heterocycles. The monoisotopic (exact) mass is 582 g/mol. The number of piperidine rings is 1. The number of hydrogen-bond acceptors (Lipinski definition) is 6. The van der Waals surface area contributed by atoms with Crippen LogP contribution in [0.1, 0.15) is 59.5 Å². The molecular weight excluding hydrogens is 543 g/mol. The van der Waals surface area contributed by atoms with Crippen LogP contribution in [0, 0.1) is 18.3 Å². The van der Waals surface area contributed by atoms with Crippen molar-refractivity contribution >= 4 is 22.6 Å². The molecule has 3 atom stereocenters. The average molecular weight is 583 g/mol. The number of aryl methyl sites for hydroxylation is 2. The number of nitrogens with one attached hydrogen (secondary N) is 1. The number of hydrogen-bond donors (Lipinski definition) is 3. The lowest BCUT2D eigenvalue weighted by molar-refractivity contribution is -0.132. The number of methoxy groups -OCH3 is 1. The predicted molar refractivity (Wildman–Crippen MR) is 167 cm³/mol. The van der Waals surface area contributed by atoms with Crippen LogP contribution in [-0.2, 0) is 22.4 Å². The van der Waals surface area contributed by atoms with Gasteiger partial charge in [-0.15, -0.1) is 0 Å². The van der Waals surface area contributed by atoms with Crippen molar-refractivity contribution in [2.75, 3.05) is 25.9 Å². The zero-order valence-electron chi connectivity index (χ0n) is 24.8. The fraction of sp³-hybridized carbons (Fsp3) is 0.382. The normalized spacial score (nSPS) is 16.6. The lowest BCUT2D eigenvalue weighted by Gasteiger charge is -2.33. The highest BCUT2D eigenvalue weighted by Gasteiger charge is 2.28. The van der Waals surface area contributed by atoms with Crippen molar-refractivity contribution in [1.82, 2.24) is 14.9 Å². The van der Waals surface area contributed by atoms with E-state index in [2.05, 4.69) is 29.0 Å². The smallest absolute Gasteiger partial charge is 0.224 e. The molecule has 5 N–H and O–H groups in total. The number of para-hydroxylation sites is 1. The molecule has 1 aliphatic rings. The second kappa shape index (κ2) is 13.4. The van der Waals surface area contributed by atoms with Gasteiger partial charge in [0.25, 0.3) is 0 Å². The van der Waals surface area contributed by atoms with Crippen LogP contribution >= 0.6 is 0 Å². The molecule has 0 aliphatic carbocycles. The Kier molecular flexibility index (Phi) is 9.39. The number of aromatic amines is 1. The second-order valence-corrected chi connectivity index (χ2v) is 11.5. The van der Waals surface area contributed by atoms with E-state index in [-0.39, 0.29) is 30.1 Å². The average Bonchev–Trinajstić information content (AvgIpc) is 3.37. The molecule has 1 amide bonds. The van der Waals surface area contributed by atoms with Crippen LogP contribution in [0.3, 0.4) is 0 Å². The summed E-state index contributed by atoms with van der Waals surface area (Å²) >= 11 is 0. The van der Waals surface area contributed by atoms with Crippen molar-refractivity contribution < 1.29 is 13.9 Å². The summed E-state index contributed by atoms with van der Waals surface area (Å²) in [6.45, 7) is 3.51. The lowest BCUT2D eigenvalue weighted by Crippen LogP contribution is -2.42. The number of nitrogens with two attached hydrogens (primary N) is 2. The molecule has 2 aromatic carbocycles. The summed E-state index contributed by atoms with van der Waals surface area (Å²) in [4.78, 5) is 23.0. The molecule has 4 aromatic rings. The first-order valence-corrected chi connectivity index (χ1v) is 14.8. The zero-order chi connectivity index (χ0) is 30.5. The summed E-state index contributed by atoms with van der Waals surface area (Å²) in [7, 11) is 1.39. The number of nitrogen functional groups attached to an aromatic ring is 1. The quantitative estimate of drug-likeness (QED) is 0.225. The van der Waals surface area contributed by atoms with Crippen molar-refractivity contribution in [3.63, 3.8) is 0 Å². The van der Waals surface area contributed by atoms with E-state index >= 15 is 0 Å². The van der Waals surface area contributed by atoms with Crippen LogP contribution in [-0.4, -0.2) is 53.4 Å². The molecule has 8 nitrogen and oxygen atoms in total. The number of fused-ring (bicyclic) bond motifs is 1. The number of rotatable bonds is 10. The maximum Gasteiger partial charge on any atom is 0.224 e. The molecule has 1 fully saturated rings. The minimum atomic E-state index is -1.28. The predicted octanol–water partition coefficient (Wildman–Crippen LogP) is 5.53. The Morgan fingerprint density at radius 1 is 1.26 bits per heavy atom. The van der Waals surface area contributed by atoms with Gasteiger partial charge in [-0.25, -0.2) is 9.37 Å². The molecule has 43 heavy (non-hydrogen) atoms. The lowest BCUT2D eigenvalue weighted by atomic mass is 9.91. The first kappa shape index (κ1) is 30.2. The largest absolute Gasteiger partial charge is 0.383 e. The standard InChI is InChI=1S/C34H39FN6O2/c1-21-29-7-3-5-24(12-13-30(35)43-2)33(29)40-32(21)25-6-4-14-41(20-25)31(42)17-28(37)15-22-8-10-23(11-9-22)27-16-26(18-36)34(38)39-19-27/h3,5,7-11,16,19,25,28,30,40H,4,6,12-15,17,20,37H2,1-2H3,(H2,38,39)/t25?,28-,30?/m1/s1. The molecule has 224 valence electrons. The minimum Gasteiger partial charge on any atom is -0.383 e. The Hall–Kier alpha value is -4.26. The third-order valence-corrected chi connectivity index (χ3v) is 8.56. The number of nitrogens with zero attached hydrogens (tertiary/aromatic N) is 3. The number of carbonyl (C=O) groups excluding carboxylic acids is 1. The molecule has 0 radical (unpaired) electrons. The van der Waals surface area contributed by atoms with E-state index in [1.165, 1.54) is 12.7 Å². The maximum atomic E-state index is 13.7. The summed E-state index contributed by atoms with van der Waals surface area (Å²) in [5.74, 6) is 0.503. The summed E-state index contributed by atoms with van der Waals surface area (Å²) < 4.78 is 18.5. The minimum absolute atomic E-state index is 0.0776. The maximum absolute atomic E-state index is 13.7. The molecular formula is C34H39FN6O2. The van der Waals surface area contributed by atoms with Gasteiger partial charge in [0.1, 0.15) is 11.9 Å². The van der Waals surface area contributed by atoms with E-state index < -0.39 is 6.36 Å².